The van der Waals surface area contributed by atoms with Crippen molar-refractivity contribution in [1.82, 2.24) is 9.97 Å². The Hall–Kier alpha value is -1.65. The molecule has 0 amide bonds. The van der Waals surface area contributed by atoms with Crippen LogP contribution in [0.4, 0.5) is 5.95 Å². The van der Waals surface area contributed by atoms with Crippen LogP contribution in [-0.2, 0) is 0 Å². The number of nitrogen functional groups attached to an aromatic ring is 1. The second-order valence-electron chi connectivity index (χ2n) is 3.39. The number of carboxylic acids is 1. The third-order valence-electron chi connectivity index (χ3n) is 1.90. The van der Waals surface area contributed by atoms with Crippen LogP contribution < -0.4 is 5.73 Å². The van der Waals surface area contributed by atoms with Gasteiger partial charge in [0.15, 0.2) is 0 Å². The second kappa shape index (κ2) is 3.61. The molecule has 1 aromatic heterocycles. The van der Waals surface area contributed by atoms with E-state index in [-0.39, 0.29) is 17.4 Å². The molecule has 0 atom stereocenters. The molecule has 14 heavy (non-hydrogen) atoms. The molecule has 0 aliphatic carbocycles. The lowest BCUT2D eigenvalue weighted by Crippen LogP contribution is -2.13. The molecule has 0 saturated carbocycles. The molecule has 0 fully saturated rings. The van der Waals surface area contributed by atoms with E-state index in [9.17, 15) is 4.79 Å². The molecule has 3 N–H and O–H groups in total. The highest BCUT2D eigenvalue weighted by Gasteiger charge is 2.18. The summed E-state index contributed by atoms with van der Waals surface area (Å²) < 4.78 is 0. The van der Waals surface area contributed by atoms with Crippen LogP contribution in [0.15, 0.2) is 0 Å². The van der Waals surface area contributed by atoms with Gasteiger partial charge in [0.1, 0.15) is 5.56 Å². The SMILES string of the molecule is Cc1nc(N)nc(C(C)C)c1C(=O)O. The molecule has 0 radical (unpaired) electrons. The highest BCUT2D eigenvalue weighted by molar-refractivity contribution is 5.90. The minimum atomic E-state index is -1.01. The van der Waals surface area contributed by atoms with E-state index < -0.39 is 5.97 Å². The smallest absolute Gasteiger partial charge is 0.339 e. The largest absolute Gasteiger partial charge is 0.478 e. The number of hydrogen-bond donors (Lipinski definition) is 2. The van der Waals surface area contributed by atoms with Gasteiger partial charge < -0.3 is 10.8 Å². The predicted octanol–water partition coefficient (Wildman–Crippen LogP) is 1.19. The first-order valence-electron chi connectivity index (χ1n) is 4.30. The first-order valence-corrected chi connectivity index (χ1v) is 4.30. The Bertz CT molecular complexity index is 375. The standard InChI is InChI=1S/C9H13N3O2/c1-4(2)7-6(8(13)14)5(3)11-9(10)12-7/h4H,1-3H3,(H,13,14)(H2,10,11,12). The van der Waals surface area contributed by atoms with Crippen LogP contribution in [0.5, 0.6) is 0 Å². The van der Waals surface area contributed by atoms with E-state index in [0.717, 1.165) is 0 Å². The first-order chi connectivity index (χ1) is 6.43. The van der Waals surface area contributed by atoms with Crippen molar-refractivity contribution < 1.29 is 9.90 Å². The number of aromatic carboxylic acids is 1. The van der Waals surface area contributed by atoms with Gasteiger partial charge in [-0.3, -0.25) is 0 Å². The van der Waals surface area contributed by atoms with E-state index in [1.165, 1.54) is 0 Å². The fraction of sp³-hybridized carbons (Fsp3) is 0.444. The van der Waals surface area contributed by atoms with Crippen LogP contribution in [0.1, 0.15) is 41.5 Å². The molecule has 0 aromatic carbocycles. The van der Waals surface area contributed by atoms with Crippen molar-refractivity contribution in [1.29, 1.82) is 0 Å². The first kappa shape index (κ1) is 10.4. The van der Waals surface area contributed by atoms with Gasteiger partial charge in [0.05, 0.1) is 11.4 Å². The minimum Gasteiger partial charge on any atom is -0.478 e. The van der Waals surface area contributed by atoms with E-state index in [0.29, 0.717) is 11.4 Å². The third-order valence-corrected chi connectivity index (χ3v) is 1.90. The summed E-state index contributed by atoms with van der Waals surface area (Å²) >= 11 is 0. The third kappa shape index (κ3) is 1.81. The van der Waals surface area contributed by atoms with Gasteiger partial charge in [0, 0.05) is 0 Å². The molecular formula is C9H13N3O2. The summed E-state index contributed by atoms with van der Waals surface area (Å²) in [5, 5.41) is 8.97. The van der Waals surface area contributed by atoms with E-state index >= 15 is 0 Å². The Morgan fingerprint density at radius 2 is 2.00 bits per heavy atom. The van der Waals surface area contributed by atoms with Crippen molar-refractivity contribution in [3.8, 4) is 0 Å². The zero-order valence-electron chi connectivity index (χ0n) is 8.40. The monoisotopic (exact) mass is 195 g/mol. The summed E-state index contributed by atoms with van der Waals surface area (Å²) in [5.74, 6) is -0.868. The molecular weight excluding hydrogens is 182 g/mol. The van der Waals surface area contributed by atoms with Crippen molar-refractivity contribution in [2.24, 2.45) is 0 Å². The van der Waals surface area contributed by atoms with Gasteiger partial charge in [-0.25, -0.2) is 14.8 Å². The fourth-order valence-electron chi connectivity index (χ4n) is 1.30. The maximum absolute atomic E-state index is 10.9. The van der Waals surface area contributed by atoms with Crippen LogP contribution in [0, 0.1) is 6.92 Å². The minimum absolute atomic E-state index is 0.0186. The van der Waals surface area contributed by atoms with Crippen LogP contribution in [0.2, 0.25) is 0 Å². The number of carbonyl (C=O) groups is 1. The Morgan fingerprint density at radius 3 is 2.43 bits per heavy atom. The average Bonchev–Trinajstić information content (AvgIpc) is 2.01. The fourth-order valence-corrected chi connectivity index (χ4v) is 1.30. The summed E-state index contributed by atoms with van der Waals surface area (Å²) in [6, 6.07) is 0. The van der Waals surface area contributed by atoms with Gasteiger partial charge in [0.25, 0.3) is 0 Å². The van der Waals surface area contributed by atoms with Crippen molar-refractivity contribution in [2.75, 3.05) is 5.73 Å². The lowest BCUT2D eigenvalue weighted by atomic mass is 10.0. The van der Waals surface area contributed by atoms with Gasteiger partial charge in [-0.05, 0) is 12.8 Å². The molecule has 76 valence electrons. The molecule has 0 bridgehead atoms. The molecule has 1 heterocycles. The molecule has 0 spiro atoms. The number of hydrogen-bond acceptors (Lipinski definition) is 4. The van der Waals surface area contributed by atoms with E-state index in [1.807, 2.05) is 13.8 Å². The van der Waals surface area contributed by atoms with E-state index in [1.54, 1.807) is 6.92 Å². The highest BCUT2D eigenvalue weighted by atomic mass is 16.4. The van der Waals surface area contributed by atoms with Crippen LogP contribution >= 0.6 is 0 Å². The van der Waals surface area contributed by atoms with Gasteiger partial charge in [-0.15, -0.1) is 0 Å². The lowest BCUT2D eigenvalue weighted by Gasteiger charge is -2.10. The van der Waals surface area contributed by atoms with Gasteiger partial charge in [-0.2, -0.15) is 0 Å². The Morgan fingerprint density at radius 1 is 1.43 bits per heavy atom. The van der Waals surface area contributed by atoms with Crippen LogP contribution in [0.25, 0.3) is 0 Å². The summed E-state index contributed by atoms with van der Waals surface area (Å²) in [6.45, 7) is 5.36. The number of carboxylic acid groups (broad SMARTS) is 1. The predicted molar refractivity (Wildman–Crippen MR) is 52.2 cm³/mol. The Kier molecular flexibility index (Phi) is 2.69. The number of aromatic nitrogens is 2. The van der Waals surface area contributed by atoms with Crippen LogP contribution in [-0.4, -0.2) is 21.0 Å². The number of nitrogens with two attached hydrogens (primary N) is 1. The normalized spacial score (nSPS) is 10.6. The highest BCUT2D eigenvalue weighted by Crippen LogP contribution is 2.20. The topological polar surface area (TPSA) is 89.1 Å². The van der Waals surface area contributed by atoms with E-state index in [2.05, 4.69) is 9.97 Å². The summed E-state index contributed by atoms with van der Waals surface area (Å²) in [5.41, 5.74) is 6.51. The van der Waals surface area contributed by atoms with Crippen LogP contribution in [0.3, 0.4) is 0 Å². The van der Waals surface area contributed by atoms with Crippen molar-refractivity contribution >= 4 is 11.9 Å². The number of anilines is 1. The molecule has 5 heteroatoms. The Labute approximate surface area is 82.0 Å². The summed E-state index contributed by atoms with van der Waals surface area (Å²) in [4.78, 5) is 18.7. The summed E-state index contributed by atoms with van der Waals surface area (Å²) in [7, 11) is 0. The van der Waals surface area contributed by atoms with Crippen molar-refractivity contribution in [3.05, 3.63) is 17.0 Å². The molecule has 5 nitrogen and oxygen atoms in total. The molecule has 0 unspecified atom stereocenters. The molecule has 0 aliphatic rings. The van der Waals surface area contributed by atoms with Crippen molar-refractivity contribution in [3.63, 3.8) is 0 Å². The number of rotatable bonds is 2. The zero-order chi connectivity index (χ0) is 10.9. The lowest BCUT2D eigenvalue weighted by molar-refractivity contribution is 0.0693. The van der Waals surface area contributed by atoms with Gasteiger partial charge >= 0.3 is 5.97 Å². The molecule has 1 aromatic rings. The number of nitrogens with zero attached hydrogens (tertiary/aromatic N) is 2. The maximum atomic E-state index is 10.9. The Balaban J connectivity index is 3.44. The average molecular weight is 195 g/mol. The molecule has 0 saturated heterocycles. The quantitative estimate of drug-likeness (QED) is 0.739. The van der Waals surface area contributed by atoms with Gasteiger partial charge in [-0.1, -0.05) is 13.8 Å². The molecule has 0 aliphatic heterocycles. The second-order valence-corrected chi connectivity index (χ2v) is 3.39. The maximum Gasteiger partial charge on any atom is 0.339 e. The summed E-state index contributed by atoms with van der Waals surface area (Å²) in [6.07, 6.45) is 0. The van der Waals surface area contributed by atoms with Gasteiger partial charge in [0.2, 0.25) is 5.95 Å². The van der Waals surface area contributed by atoms with E-state index in [4.69, 9.17) is 10.8 Å². The zero-order valence-corrected chi connectivity index (χ0v) is 8.40. The number of aryl methyl sites for hydroxylation is 1. The van der Waals surface area contributed by atoms with Crippen molar-refractivity contribution in [2.45, 2.75) is 26.7 Å². The molecule has 1 rings (SSSR count).